The molecule has 0 aliphatic heterocycles. The molecule has 1 aromatic carbocycles. The summed E-state index contributed by atoms with van der Waals surface area (Å²) in [5.74, 6) is 0. The third kappa shape index (κ3) is 3.03. The third-order valence-electron chi connectivity index (χ3n) is 2.68. The van der Waals surface area contributed by atoms with E-state index in [9.17, 15) is 8.42 Å². The van der Waals surface area contributed by atoms with Gasteiger partial charge in [0.25, 0.3) is 10.0 Å². The van der Waals surface area contributed by atoms with Crippen LogP contribution in [0, 0.1) is 0 Å². The minimum Gasteiger partial charge on any atom is -0.389 e. The summed E-state index contributed by atoms with van der Waals surface area (Å²) >= 11 is 9.30. The van der Waals surface area contributed by atoms with Gasteiger partial charge in [-0.25, -0.2) is 8.42 Å². The SMILES string of the molecule is CN(c1ccc(C(N)=S)cc1)S(=O)(=O)c1ccc(Br)s1. The maximum absolute atomic E-state index is 12.4. The maximum atomic E-state index is 12.4. The second kappa shape index (κ2) is 5.80. The van der Waals surface area contributed by atoms with Crippen molar-refractivity contribution < 1.29 is 8.42 Å². The molecular weight excluding hydrogens is 380 g/mol. The summed E-state index contributed by atoms with van der Waals surface area (Å²) in [6.07, 6.45) is 0. The monoisotopic (exact) mass is 390 g/mol. The van der Waals surface area contributed by atoms with Crippen LogP contribution in [-0.4, -0.2) is 20.5 Å². The van der Waals surface area contributed by atoms with Gasteiger partial charge in [0.2, 0.25) is 0 Å². The number of benzene rings is 1. The van der Waals surface area contributed by atoms with Crippen LogP contribution in [0.2, 0.25) is 0 Å². The normalized spacial score (nSPS) is 11.3. The quantitative estimate of drug-likeness (QED) is 0.814. The highest BCUT2D eigenvalue weighted by atomic mass is 79.9. The Morgan fingerprint density at radius 3 is 2.30 bits per heavy atom. The lowest BCUT2D eigenvalue weighted by Gasteiger charge is -2.18. The van der Waals surface area contributed by atoms with Gasteiger partial charge < -0.3 is 5.73 Å². The summed E-state index contributed by atoms with van der Waals surface area (Å²) in [5, 5.41) is 0. The second-order valence-electron chi connectivity index (χ2n) is 3.94. The first kappa shape index (κ1) is 15.4. The van der Waals surface area contributed by atoms with Crippen LogP contribution in [0.4, 0.5) is 5.69 Å². The van der Waals surface area contributed by atoms with Gasteiger partial charge in [0.15, 0.2) is 0 Å². The lowest BCUT2D eigenvalue weighted by atomic mass is 10.2. The Labute approximate surface area is 135 Å². The summed E-state index contributed by atoms with van der Waals surface area (Å²) in [4.78, 5) is 0.282. The number of hydrogen-bond acceptors (Lipinski definition) is 4. The molecule has 0 saturated heterocycles. The van der Waals surface area contributed by atoms with Crippen molar-refractivity contribution in [2.45, 2.75) is 4.21 Å². The second-order valence-corrected chi connectivity index (χ2v) is 9.04. The number of halogens is 1. The van der Waals surface area contributed by atoms with E-state index in [0.29, 0.717) is 11.3 Å². The molecule has 2 aromatic rings. The summed E-state index contributed by atoms with van der Waals surface area (Å²) in [6, 6.07) is 10.0. The van der Waals surface area contributed by atoms with Crippen molar-refractivity contribution in [1.29, 1.82) is 0 Å². The molecule has 4 nitrogen and oxygen atoms in total. The standard InChI is InChI=1S/C12H11BrN2O2S3/c1-15(9-4-2-8(3-5-9)12(14)18)20(16,17)11-7-6-10(13)19-11/h2-7H,1H3,(H2,14,18). The largest absolute Gasteiger partial charge is 0.389 e. The molecule has 0 unspecified atom stereocenters. The Balaban J connectivity index is 2.35. The zero-order valence-electron chi connectivity index (χ0n) is 10.4. The van der Waals surface area contributed by atoms with Gasteiger partial charge in [0.1, 0.15) is 9.20 Å². The highest BCUT2D eigenvalue weighted by molar-refractivity contribution is 9.11. The Morgan fingerprint density at radius 1 is 1.25 bits per heavy atom. The number of nitrogens with two attached hydrogens (primary N) is 1. The van der Waals surface area contributed by atoms with E-state index in [0.717, 1.165) is 3.79 Å². The molecule has 106 valence electrons. The molecule has 0 saturated carbocycles. The van der Waals surface area contributed by atoms with Crippen LogP contribution in [0.3, 0.4) is 0 Å². The molecule has 0 atom stereocenters. The number of sulfonamides is 1. The number of hydrogen-bond donors (Lipinski definition) is 1. The van der Waals surface area contributed by atoms with Gasteiger partial charge in [-0.05, 0) is 52.3 Å². The Morgan fingerprint density at radius 2 is 1.85 bits per heavy atom. The minimum atomic E-state index is -3.55. The van der Waals surface area contributed by atoms with Crippen LogP contribution < -0.4 is 10.0 Å². The summed E-state index contributed by atoms with van der Waals surface area (Å²) in [6.45, 7) is 0. The van der Waals surface area contributed by atoms with Crippen molar-refractivity contribution >= 4 is 60.2 Å². The third-order valence-corrected chi connectivity index (χ3v) is 6.79. The van der Waals surface area contributed by atoms with E-state index >= 15 is 0 Å². The Hall–Kier alpha value is -0.960. The van der Waals surface area contributed by atoms with Crippen LogP contribution >= 0.6 is 39.5 Å². The molecule has 20 heavy (non-hydrogen) atoms. The van der Waals surface area contributed by atoms with E-state index in [2.05, 4.69) is 15.9 Å². The van der Waals surface area contributed by atoms with Gasteiger partial charge in [-0.15, -0.1) is 11.3 Å². The molecule has 0 radical (unpaired) electrons. The molecule has 0 spiro atoms. The van der Waals surface area contributed by atoms with Crippen molar-refractivity contribution in [1.82, 2.24) is 0 Å². The minimum absolute atomic E-state index is 0.282. The predicted molar refractivity (Wildman–Crippen MR) is 89.9 cm³/mol. The molecule has 0 aliphatic carbocycles. The van der Waals surface area contributed by atoms with E-state index in [1.165, 1.54) is 22.7 Å². The zero-order valence-corrected chi connectivity index (χ0v) is 14.4. The summed E-state index contributed by atoms with van der Waals surface area (Å²) in [7, 11) is -2.03. The van der Waals surface area contributed by atoms with E-state index in [4.69, 9.17) is 18.0 Å². The van der Waals surface area contributed by atoms with E-state index in [1.807, 2.05) is 0 Å². The average molecular weight is 391 g/mol. The van der Waals surface area contributed by atoms with Gasteiger partial charge >= 0.3 is 0 Å². The highest BCUT2D eigenvalue weighted by Crippen LogP contribution is 2.30. The van der Waals surface area contributed by atoms with E-state index < -0.39 is 10.0 Å². The lowest BCUT2D eigenvalue weighted by molar-refractivity contribution is 0.596. The number of thiocarbonyl (C=S) groups is 1. The Kier molecular flexibility index (Phi) is 4.48. The van der Waals surface area contributed by atoms with Crippen LogP contribution in [0.25, 0.3) is 0 Å². The van der Waals surface area contributed by atoms with Crippen molar-refractivity contribution in [3.63, 3.8) is 0 Å². The molecule has 0 aliphatic rings. The van der Waals surface area contributed by atoms with Crippen molar-refractivity contribution in [3.8, 4) is 0 Å². The van der Waals surface area contributed by atoms with Gasteiger partial charge in [-0.2, -0.15) is 0 Å². The van der Waals surface area contributed by atoms with E-state index in [-0.39, 0.29) is 9.20 Å². The molecule has 1 heterocycles. The molecule has 8 heteroatoms. The molecule has 2 N–H and O–H groups in total. The Bertz CT molecular complexity index is 738. The van der Waals surface area contributed by atoms with Gasteiger partial charge in [-0.1, -0.05) is 12.2 Å². The fourth-order valence-corrected chi connectivity index (χ4v) is 5.06. The fourth-order valence-electron chi connectivity index (χ4n) is 1.55. The van der Waals surface area contributed by atoms with Crippen molar-refractivity contribution in [3.05, 3.63) is 45.7 Å². The molecule has 1 aromatic heterocycles. The highest BCUT2D eigenvalue weighted by Gasteiger charge is 2.23. The first-order valence-corrected chi connectivity index (χ1v) is 8.92. The van der Waals surface area contributed by atoms with Gasteiger partial charge in [0, 0.05) is 12.6 Å². The molecule has 0 bridgehead atoms. The molecule has 2 rings (SSSR count). The number of nitrogens with zero attached hydrogens (tertiary/aromatic N) is 1. The number of rotatable bonds is 4. The lowest BCUT2D eigenvalue weighted by Crippen LogP contribution is -2.25. The number of thiophene rings is 1. The smallest absolute Gasteiger partial charge is 0.273 e. The molecule has 0 fully saturated rings. The molecule has 0 amide bonds. The van der Waals surface area contributed by atoms with E-state index in [1.54, 1.807) is 36.4 Å². The molecular formula is C12H11BrN2O2S3. The van der Waals surface area contributed by atoms with Crippen LogP contribution in [0.5, 0.6) is 0 Å². The zero-order chi connectivity index (χ0) is 14.9. The van der Waals surface area contributed by atoms with Crippen LogP contribution in [0.1, 0.15) is 5.56 Å². The van der Waals surface area contributed by atoms with Crippen LogP contribution in [0.15, 0.2) is 44.4 Å². The summed E-state index contributed by atoms with van der Waals surface area (Å²) in [5.41, 5.74) is 6.77. The average Bonchev–Trinajstić information content (AvgIpc) is 2.85. The van der Waals surface area contributed by atoms with Crippen LogP contribution in [-0.2, 0) is 10.0 Å². The fraction of sp³-hybridized carbons (Fsp3) is 0.0833. The first-order chi connectivity index (χ1) is 9.32. The van der Waals surface area contributed by atoms with Gasteiger partial charge in [-0.3, -0.25) is 4.31 Å². The maximum Gasteiger partial charge on any atom is 0.273 e. The van der Waals surface area contributed by atoms with Crippen molar-refractivity contribution in [2.24, 2.45) is 5.73 Å². The van der Waals surface area contributed by atoms with Gasteiger partial charge in [0.05, 0.1) is 9.47 Å². The predicted octanol–water partition coefficient (Wildman–Crippen LogP) is 2.97. The van der Waals surface area contributed by atoms with Crippen molar-refractivity contribution in [2.75, 3.05) is 11.4 Å². The first-order valence-electron chi connectivity index (χ1n) is 5.46. The topological polar surface area (TPSA) is 63.4 Å². The number of anilines is 1. The summed E-state index contributed by atoms with van der Waals surface area (Å²) < 4.78 is 27.1.